The lowest BCUT2D eigenvalue weighted by Gasteiger charge is -2.35. The van der Waals surface area contributed by atoms with E-state index < -0.39 is 24.1 Å². The first-order chi connectivity index (χ1) is 25.9. The number of benzene rings is 5. The predicted molar refractivity (Wildman–Crippen MR) is 201 cm³/mol. The van der Waals surface area contributed by atoms with Gasteiger partial charge < -0.3 is 24.6 Å². The highest BCUT2D eigenvalue weighted by Gasteiger charge is 2.34. The third-order valence-electron chi connectivity index (χ3n) is 9.88. The van der Waals surface area contributed by atoms with Gasteiger partial charge in [0.2, 0.25) is 11.8 Å². The van der Waals surface area contributed by atoms with Crippen molar-refractivity contribution >= 4 is 17.9 Å². The molecule has 7 rings (SSSR count). The van der Waals surface area contributed by atoms with Crippen LogP contribution >= 0.6 is 0 Å². The van der Waals surface area contributed by atoms with Gasteiger partial charge in [-0.2, -0.15) is 0 Å². The maximum atomic E-state index is 14.4. The van der Waals surface area contributed by atoms with Gasteiger partial charge in [0.05, 0.1) is 13.2 Å². The smallest absolute Gasteiger partial charge is 0.407 e. The van der Waals surface area contributed by atoms with E-state index in [0.717, 1.165) is 38.9 Å². The van der Waals surface area contributed by atoms with Crippen LogP contribution in [0.15, 0.2) is 140 Å². The predicted octanol–water partition coefficient (Wildman–Crippen LogP) is 7.45. The number of nitrogens with zero attached hydrogens (tertiary/aromatic N) is 2. The number of amides is 3. The normalized spacial score (nSPS) is 16.5. The molecule has 268 valence electrons. The molecule has 5 aromatic rings. The van der Waals surface area contributed by atoms with Crippen LogP contribution in [0.3, 0.4) is 0 Å². The summed E-state index contributed by atoms with van der Waals surface area (Å²) >= 11 is 0. The summed E-state index contributed by atoms with van der Waals surface area (Å²) in [6, 6.07) is 37.6. The van der Waals surface area contributed by atoms with Gasteiger partial charge in [0.1, 0.15) is 30.8 Å². The average molecular weight is 710 g/mol. The summed E-state index contributed by atoms with van der Waals surface area (Å²) in [4.78, 5) is 45.2. The van der Waals surface area contributed by atoms with Crippen molar-refractivity contribution in [2.24, 2.45) is 0 Å². The number of rotatable bonds is 10. The van der Waals surface area contributed by atoms with E-state index in [9.17, 15) is 18.8 Å². The second-order valence-electron chi connectivity index (χ2n) is 13.2. The monoisotopic (exact) mass is 709 g/mol. The number of hydrogen-bond donors (Lipinski definition) is 1. The molecule has 9 heteroatoms. The van der Waals surface area contributed by atoms with E-state index >= 15 is 0 Å². The Morgan fingerprint density at radius 2 is 1.45 bits per heavy atom. The molecule has 2 aliphatic rings. The molecule has 0 unspecified atom stereocenters. The van der Waals surface area contributed by atoms with Gasteiger partial charge in [0.15, 0.2) is 0 Å². The second-order valence-corrected chi connectivity index (χ2v) is 13.2. The SMILES string of the molecule is COc1ccc([C@H]2/C=C\CN(C(=O)[C@H](Cc3ccccc3)NC(=O)OCC3c4ccccc4-c4ccccc43)CC(=O)N2Cc2ccc(F)cc2)cc1. The summed E-state index contributed by atoms with van der Waals surface area (Å²) in [5.41, 5.74) is 6.85. The fourth-order valence-electron chi connectivity index (χ4n) is 7.18. The van der Waals surface area contributed by atoms with Crippen LogP contribution < -0.4 is 10.1 Å². The molecule has 0 radical (unpaired) electrons. The van der Waals surface area contributed by atoms with Crippen LogP contribution in [0.1, 0.15) is 39.8 Å². The number of alkyl carbamates (subject to hydrolysis) is 1. The van der Waals surface area contributed by atoms with E-state index in [1.165, 1.54) is 17.0 Å². The van der Waals surface area contributed by atoms with Crippen LogP contribution in [-0.4, -0.2) is 60.6 Å². The zero-order valence-corrected chi connectivity index (χ0v) is 29.4. The summed E-state index contributed by atoms with van der Waals surface area (Å²) in [6.07, 6.45) is 3.25. The minimum Gasteiger partial charge on any atom is -0.497 e. The van der Waals surface area contributed by atoms with Crippen molar-refractivity contribution in [2.75, 3.05) is 26.8 Å². The van der Waals surface area contributed by atoms with Crippen molar-refractivity contribution in [1.82, 2.24) is 15.1 Å². The lowest BCUT2D eigenvalue weighted by atomic mass is 9.98. The maximum absolute atomic E-state index is 14.4. The highest BCUT2D eigenvalue weighted by Crippen LogP contribution is 2.44. The van der Waals surface area contributed by atoms with Gasteiger partial charge in [-0.25, -0.2) is 9.18 Å². The van der Waals surface area contributed by atoms with Gasteiger partial charge in [-0.05, 0) is 63.2 Å². The van der Waals surface area contributed by atoms with Crippen molar-refractivity contribution in [1.29, 1.82) is 0 Å². The first-order valence-corrected chi connectivity index (χ1v) is 17.7. The van der Waals surface area contributed by atoms with Crippen molar-refractivity contribution in [3.05, 3.63) is 173 Å². The Balaban J connectivity index is 1.11. The first-order valence-electron chi connectivity index (χ1n) is 17.7. The Labute approximate surface area is 308 Å². The van der Waals surface area contributed by atoms with E-state index in [1.807, 2.05) is 103 Å². The minimum absolute atomic E-state index is 0.0993. The van der Waals surface area contributed by atoms with Crippen molar-refractivity contribution in [3.8, 4) is 16.9 Å². The molecule has 2 atom stereocenters. The van der Waals surface area contributed by atoms with E-state index in [2.05, 4.69) is 17.4 Å². The first kappa shape index (κ1) is 35.2. The highest BCUT2D eigenvalue weighted by molar-refractivity contribution is 5.90. The molecular weight excluding hydrogens is 669 g/mol. The van der Waals surface area contributed by atoms with Gasteiger partial charge in [-0.1, -0.05) is 115 Å². The van der Waals surface area contributed by atoms with Crippen LogP contribution in [0.4, 0.5) is 9.18 Å². The lowest BCUT2D eigenvalue weighted by molar-refractivity contribution is -0.142. The molecule has 1 aliphatic heterocycles. The molecule has 1 heterocycles. The van der Waals surface area contributed by atoms with Gasteiger partial charge in [-0.3, -0.25) is 9.59 Å². The average Bonchev–Trinajstić information content (AvgIpc) is 3.51. The lowest BCUT2D eigenvalue weighted by Crippen LogP contribution is -2.53. The van der Waals surface area contributed by atoms with Crippen molar-refractivity contribution in [2.45, 2.75) is 31.0 Å². The standard InChI is InChI=1S/C44H40FN3O5/c1-52-34-23-19-32(20-24-34)41-16-9-25-47(28-42(49)48(41)27-31-17-21-33(45)22-18-31)43(50)40(26-30-10-3-2-4-11-30)46-44(51)53-29-39-37-14-7-5-12-35(37)36-13-6-8-15-38(36)39/h2-24,39-41H,25-29H2,1H3,(H,46,51)/b16-9-/t40-,41+/m0/s1. The maximum Gasteiger partial charge on any atom is 0.407 e. The Morgan fingerprint density at radius 1 is 0.811 bits per heavy atom. The summed E-state index contributed by atoms with van der Waals surface area (Å²) in [7, 11) is 1.59. The molecule has 0 saturated heterocycles. The van der Waals surface area contributed by atoms with E-state index in [4.69, 9.17) is 9.47 Å². The number of nitrogens with one attached hydrogen (secondary N) is 1. The fourth-order valence-corrected chi connectivity index (χ4v) is 7.18. The molecule has 8 nitrogen and oxygen atoms in total. The molecule has 0 spiro atoms. The van der Waals surface area contributed by atoms with Gasteiger partial charge in [-0.15, -0.1) is 0 Å². The zero-order chi connectivity index (χ0) is 36.7. The fraction of sp³-hybridized carbons (Fsp3) is 0.205. The summed E-state index contributed by atoms with van der Waals surface area (Å²) in [5.74, 6) is -0.536. The molecule has 0 aromatic heterocycles. The molecule has 0 fully saturated rings. The molecule has 5 aromatic carbocycles. The van der Waals surface area contributed by atoms with Crippen LogP contribution in [0, 0.1) is 5.82 Å². The van der Waals surface area contributed by atoms with Gasteiger partial charge in [0.25, 0.3) is 0 Å². The molecule has 1 aliphatic carbocycles. The molecule has 0 bridgehead atoms. The highest BCUT2D eigenvalue weighted by atomic mass is 19.1. The van der Waals surface area contributed by atoms with Crippen molar-refractivity contribution < 1.29 is 28.2 Å². The number of carbonyl (C=O) groups excluding carboxylic acids is 3. The van der Waals surface area contributed by atoms with Crippen molar-refractivity contribution in [3.63, 3.8) is 0 Å². The van der Waals surface area contributed by atoms with Crippen LogP contribution in [0.25, 0.3) is 11.1 Å². The van der Waals surface area contributed by atoms with Crippen LogP contribution in [0.2, 0.25) is 0 Å². The van der Waals surface area contributed by atoms with E-state index in [0.29, 0.717) is 5.75 Å². The van der Waals surface area contributed by atoms with Crippen LogP contribution in [0.5, 0.6) is 5.75 Å². The summed E-state index contributed by atoms with van der Waals surface area (Å²) < 4.78 is 25.0. The number of fused-ring (bicyclic) bond motifs is 3. The van der Waals surface area contributed by atoms with Gasteiger partial charge in [0, 0.05) is 25.4 Å². The molecule has 53 heavy (non-hydrogen) atoms. The number of hydrogen-bond acceptors (Lipinski definition) is 5. The van der Waals surface area contributed by atoms with Gasteiger partial charge >= 0.3 is 6.09 Å². The molecule has 0 saturated carbocycles. The zero-order valence-electron chi connectivity index (χ0n) is 29.4. The number of halogens is 1. The van der Waals surface area contributed by atoms with E-state index in [-0.39, 0.29) is 50.3 Å². The largest absolute Gasteiger partial charge is 0.497 e. The summed E-state index contributed by atoms with van der Waals surface area (Å²) in [5, 5.41) is 2.84. The summed E-state index contributed by atoms with van der Waals surface area (Å²) in [6.45, 7) is 0.212. The Morgan fingerprint density at radius 3 is 2.11 bits per heavy atom. The third-order valence-corrected chi connectivity index (χ3v) is 9.88. The molecule has 3 amide bonds. The number of methoxy groups -OCH3 is 1. The second kappa shape index (κ2) is 16.0. The van der Waals surface area contributed by atoms with Crippen LogP contribution in [-0.2, 0) is 27.3 Å². The third kappa shape index (κ3) is 7.99. The molecule has 1 N–H and O–H groups in total. The minimum atomic E-state index is -1.00. The number of carbonyl (C=O) groups is 3. The molecular formula is C44H40FN3O5. The van der Waals surface area contributed by atoms with E-state index in [1.54, 1.807) is 24.1 Å². The Kier molecular flexibility index (Phi) is 10.6. The topological polar surface area (TPSA) is 88.2 Å². The Hall–Kier alpha value is -6.22. The quantitative estimate of drug-likeness (QED) is 0.152. The number of ether oxygens (including phenoxy) is 2. The Bertz CT molecular complexity index is 2060.